The number of nitrogens with two attached hydrogens (primary N) is 2. The molecule has 0 aliphatic carbocycles. The fraction of sp³-hybridized carbons (Fsp3) is 0.333. The summed E-state index contributed by atoms with van der Waals surface area (Å²) in [5.74, 6) is -0.388. The number of carbonyl (C=O) groups is 1. The highest BCUT2D eigenvalue weighted by Gasteiger charge is 2.25. The summed E-state index contributed by atoms with van der Waals surface area (Å²) >= 11 is 0. The molecule has 0 aliphatic heterocycles. The minimum atomic E-state index is -0.734. The van der Waals surface area contributed by atoms with Crippen molar-refractivity contribution in [3.05, 3.63) is 33.4 Å². The summed E-state index contributed by atoms with van der Waals surface area (Å²) in [6.45, 7) is 5.34. The molecule has 0 unspecified atom stereocenters. The lowest BCUT2D eigenvalue weighted by molar-refractivity contribution is -0.384. The van der Waals surface area contributed by atoms with Crippen LogP contribution in [0.2, 0.25) is 0 Å². The Morgan fingerprint density at radius 2 is 2.00 bits per heavy atom. The van der Waals surface area contributed by atoms with E-state index in [1.54, 1.807) is 26.8 Å². The Kier molecular flexibility index (Phi) is 4.63. The molecule has 4 N–H and O–H groups in total. The van der Waals surface area contributed by atoms with E-state index in [4.69, 9.17) is 11.5 Å². The molecule has 0 aliphatic rings. The number of guanidine groups is 1. The van der Waals surface area contributed by atoms with E-state index in [1.165, 1.54) is 11.0 Å². The van der Waals surface area contributed by atoms with E-state index in [2.05, 4.69) is 4.99 Å². The molecule has 8 nitrogen and oxygen atoms in total. The van der Waals surface area contributed by atoms with Crippen LogP contribution in [0, 0.1) is 24.0 Å². The SMILES string of the molecule is CCN(C(=O)N=C(N)N)c1c(C)cc(C)cc1[N+](=O)[O-]. The zero-order valence-electron chi connectivity index (χ0n) is 11.6. The van der Waals surface area contributed by atoms with Crippen molar-refractivity contribution in [3.8, 4) is 0 Å². The highest BCUT2D eigenvalue weighted by molar-refractivity contribution is 6.01. The number of hydrogen-bond donors (Lipinski definition) is 2. The van der Waals surface area contributed by atoms with Gasteiger partial charge in [-0.15, -0.1) is 0 Å². The summed E-state index contributed by atoms with van der Waals surface area (Å²) in [7, 11) is 0. The van der Waals surface area contributed by atoms with Crippen LogP contribution in [0.25, 0.3) is 0 Å². The number of nitro groups is 1. The lowest BCUT2D eigenvalue weighted by Crippen LogP contribution is -2.33. The number of hydrogen-bond acceptors (Lipinski definition) is 3. The molecular formula is C12H17N5O3. The van der Waals surface area contributed by atoms with Crippen LogP contribution in [0.5, 0.6) is 0 Å². The average molecular weight is 279 g/mol. The monoisotopic (exact) mass is 279 g/mol. The third-order valence-corrected chi connectivity index (χ3v) is 2.66. The standard InChI is InChI=1S/C12H17N5O3/c1-4-16(12(18)15-11(13)14)10-8(3)5-7(2)6-9(10)17(19)20/h5-6H,4H2,1-3H3,(H4,13,14,15,18). The lowest BCUT2D eigenvalue weighted by atomic mass is 10.1. The molecule has 8 heteroatoms. The fourth-order valence-corrected chi connectivity index (χ4v) is 1.99. The van der Waals surface area contributed by atoms with Crippen molar-refractivity contribution in [2.75, 3.05) is 11.4 Å². The summed E-state index contributed by atoms with van der Waals surface area (Å²) in [6.07, 6.45) is 0. The van der Waals surface area contributed by atoms with E-state index in [0.717, 1.165) is 5.56 Å². The summed E-state index contributed by atoms with van der Waals surface area (Å²) in [5.41, 5.74) is 11.7. The first-order valence-electron chi connectivity index (χ1n) is 5.94. The van der Waals surface area contributed by atoms with Gasteiger partial charge in [-0.2, -0.15) is 4.99 Å². The molecule has 0 saturated heterocycles. The third-order valence-electron chi connectivity index (χ3n) is 2.66. The molecule has 108 valence electrons. The van der Waals surface area contributed by atoms with E-state index in [-0.39, 0.29) is 23.9 Å². The Morgan fingerprint density at radius 3 is 2.45 bits per heavy atom. The number of nitrogens with zero attached hydrogens (tertiary/aromatic N) is 3. The number of amides is 2. The number of aliphatic imine (C=N–C) groups is 1. The normalized spacial score (nSPS) is 9.95. The smallest absolute Gasteiger partial charge is 0.351 e. The predicted molar refractivity (Wildman–Crippen MR) is 76.8 cm³/mol. The molecule has 0 spiro atoms. The maximum absolute atomic E-state index is 12.0. The lowest BCUT2D eigenvalue weighted by Gasteiger charge is -2.20. The number of urea groups is 1. The second-order valence-corrected chi connectivity index (χ2v) is 4.27. The minimum absolute atomic E-state index is 0.150. The van der Waals surface area contributed by atoms with Crippen LogP contribution in [-0.2, 0) is 0 Å². The van der Waals surface area contributed by atoms with E-state index in [1.807, 2.05) is 0 Å². The predicted octanol–water partition coefficient (Wildman–Crippen LogP) is 1.43. The van der Waals surface area contributed by atoms with Gasteiger partial charge in [0, 0.05) is 12.6 Å². The van der Waals surface area contributed by atoms with Crippen LogP contribution in [0.3, 0.4) is 0 Å². The van der Waals surface area contributed by atoms with Crippen molar-refractivity contribution in [2.45, 2.75) is 20.8 Å². The van der Waals surface area contributed by atoms with Crippen LogP contribution in [0.1, 0.15) is 18.1 Å². The zero-order valence-corrected chi connectivity index (χ0v) is 11.6. The van der Waals surface area contributed by atoms with Crippen LogP contribution < -0.4 is 16.4 Å². The van der Waals surface area contributed by atoms with Gasteiger partial charge in [0.25, 0.3) is 5.69 Å². The van der Waals surface area contributed by atoms with E-state index < -0.39 is 11.0 Å². The van der Waals surface area contributed by atoms with Gasteiger partial charge in [-0.1, -0.05) is 6.07 Å². The maximum Gasteiger partial charge on any atom is 0.351 e. The van der Waals surface area contributed by atoms with Crippen molar-refractivity contribution >= 4 is 23.4 Å². The largest absolute Gasteiger partial charge is 0.370 e. The second-order valence-electron chi connectivity index (χ2n) is 4.27. The molecular weight excluding hydrogens is 262 g/mol. The average Bonchev–Trinajstić information content (AvgIpc) is 2.30. The summed E-state index contributed by atoms with van der Waals surface area (Å²) < 4.78 is 0. The Labute approximate surface area is 116 Å². The van der Waals surface area contributed by atoms with Crippen molar-refractivity contribution < 1.29 is 9.72 Å². The summed E-state index contributed by atoms with van der Waals surface area (Å²) in [6, 6.07) is 2.43. The van der Waals surface area contributed by atoms with Gasteiger partial charge in [-0.3, -0.25) is 15.0 Å². The summed E-state index contributed by atoms with van der Waals surface area (Å²) in [5, 5.41) is 11.2. The van der Waals surface area contributed by atoms with Crippen molar-refractivity contribution in [1.82, 2.24) is 0 Å². The van der Waals surface area contributed by atoms with E-state index in [9.17, 15) is 14.9 Å². The Morgan fingerprint density at radius 1 is 1.40 bits per heavy atom. The van der Waals surface area contributed by atoms with Crippen molar-refractivity contribution in [2.24, 2.45) is 16.5 Å². The Hall–Kier alpha value is -2.64. The molecule has 0 bridgehead atoms. The van der Waals surface area contributed by atoms with Crippen LogP contribution in [0.15, 0.2) is 17.1 Å². The first kappa shape index (κ1) is 15.4. The van der Waals surface area contributed by atoms with Gasteiger partial charge >= 0.3 is 6.03 Å². The first-order chi connectivity index (χ1) is 9.27. The Balaban J connectivity index is 3.46. The number of aryl methyl sites for hydroxylation is 2. The van der Waals surface area contributed by atoms with Crippen LogP contribution >= 0.6 is 0 Å². The molecule has 0 saturated carbocycles. The fourth-order valence-electron chi connectivity index (χ4n) is 1.99. The molecule has 2 amide bonds. The number of rotatable bonds is 3. The molecule has 0 aromatic heterocycles. The van der Waals surface area contributed by atoms with Crippen molar-refractivity contribution in [3.63, 3.8) is 0 Å². The molecule has 1 rings (SSSR count). The van der Waals surface area contributed by atoms with Gasteiger partial charge < -0.3 is 11.5 Å². The molecule has 0 fully saturated rings. The van der Waals surface area contributed by atoms with Crippen LogP contribution in [0.4, 0.5) is 16.2 Å². The number of nitro benzene ring substituents is 1. The first-order valence-corrected chi connectivity index (χ1v) is 5.94. The van der Waals surface area contributed by atoms with Gasteiger partial charge in [-0.05, 0) is 31.9 Å². The molecule has 0 heterocycles. The topological polar surface area (TPSA) is 128 Å². The van der Waals surface area contributed by atoms with E-state index in [0.29, 0.717) is 5.56 Å². The number of benzene rings is 1. The number of carbonyl (C=O) groups excluding carboxylic acids is 1. The van der Waals surface area contributed by atoms with E-state index >= 15 is 0 Å². The van der Waals surface area contributed by atoms with Crippen LogP contribution in [-0.4, -0.2) is 23.5 Å². The van der Waals surface area contributed by atoms with Gasteiger partial charge in [0.15, 0.2) is 5.96 Å². The second kappa shape index (κ2) is 6.00. The maximum atomic E-state index is 12.0. The van der Waals surface area contributed by atoms with Gasteiger partial charge in [0.05, 0.1) is 4.92 Å². The number of anilines is 1. The van der Waals surface area contributed by atoms with Gasteiger partial charge in [0.2, 0.25) is 0 Å². The third kappa shape index (κ3) is 3.22. The summed E-state index contributed by atoms with van der Waals surface area (Å²) in [4.78, 5) is 27.2. The Bertz CT molecular complexity index is 579. The minimum Gasteiger partial charge on any atom is -0.370 e. The zero-order chi connectivity index (χ0) is 15.4. The van der Waals surface area contributed by atoms with Crippen molar-refractivity contribution in [1.29, 1.82) is 0 Å². The van der Waals surface area contributed by atoms with Gasteiger partial charge in [0.1, 0.15) is 5.69 Å². The highest BCUT2D eigenvalue weighted by Crippen LogP contribution is 2.33. The molecule has 20 heavy (non-hydrogen) atoms. The highest BCUT2D eigenvalue weighted by atomic mass is 16.6. The van der Waals surface area contributed by atoms with Gasteiger partial charge in [-0.25, -0.2) is 4.79 Å². The molecule has 1 aromatic carbocycles. The molecule has 1 aromatic rings. The molecule has 0 atom stereocenters. The molecule has 0 radical (unpaired) electrons. The quantitative estimate of drug-likeness (QED) is 0.374.